The van der Waals surface area contributed by atoms with Crippen molar-refractivity contribution >= 4 is 18.0 Å². The molecule has 0 saturated heterocycles. The van der Waals surface area contributed by atoms with Gasteiger partial charge in [0.1, 0.15) is 28.9 Å². The van der Waals surface area contributed by atoms with Crippen molar-refractivity contribution in [3.63, 3.8) is 0 Å². The molecule has 0 fully saturated rings. The molecule has 0 aliphatic carbocycles. The third-order valence-corrected chi connectivity index (χ3v) is 5.95. The maximum Gasteiger partial charge on any atom is 0.412 e. The van der Waals surface area contributed by atoms with E-state index >= 15 is 0 Å². The Bertz CT molecular complexity index is 1170. The van der Waals surface area contributed by atoms with Crippen molar-refractivity contribution in [1.29, 1.82) is 0 Å². The molecular formula is C29H36N2O7. The molecule has 9 heteroatoms. The summed E-state index contributed by atoms with van der Waals surface area (Å²) in [5.41, 5.74) is 1.00. The number of carbonyl (C=O) groups excluding carboxylic acids is 3. The monoisotopic (exact) mass is 524 g/mol. The fraction of sp³-hybridized carbons (Fsp3) is 0.414. The zero-order valence-electron chi connectivity index (χ0n) is 22.8. The van der Waals surface area contributed by atoms with Crippen LogP contribution in [-0.2, 0) is 32.0 Å². The smallest absolute Gasteiger partial charge is 0.412 e. The maximum atomic E-state index is 14.0. The van der Waals surface area contributed by atoms with Gasteiger partial charge in [0.25, 0.3) is 5.91 Å². The Hall–Kier alpha value is -4.01. The average molecular weight is 525 g/mol. The van der Waals surface area contributed by atoms with E-state index in [1.165, 1.54) is 6.92 Å². The predicted molar refractivity (Wildman–Crippen MR) is 142 cm³/mol. The first-order valence-electron chi connectivity index (χ1n) is 12.4. The third-order valence-electron chi connectivity index (χ3n) is 5.95. The Morgan fingerprint density at radius 1 is 1.05 bits per heavy atom. The summed E-state index contributed by atoms with van der Waals surface area (Å²) in [5, 5.41) is 2.60. The van der Waals surface area contributed by atoms with E-state index in [1.807, 2.05) is 36.4 Å². The summed E-state index contributed by atoms with van der Waals surface area (Å²) >= 11 is 0. The van der Waals surface area contributed by atoms with E-state index in [4.69, 9.17) is 18.9 Å². The lowest BCUT2D eigenvalue weighted by atomic mass is 9.97. The third kappa shape index (κ3) is 7.74. The van der Waals surface area contributed by atoms with Crippen LogP contribution in [0.4, 0.5) is 4.79 Å². The fourth-order valence-corrected chi connectivity index (χ4v) is 4.29. The van der Waals surface area contributed by atoms with Gasteiger partial charge >= 0.3 is 12.1 Å². The van der Waals surface area contributed by atoms with Gasteiger partial charge in [-0.25, -0.2) is 4.79 Å². The van der Waals surface area contributed by atoms with Gasteiger partial charge < -0.3 is 23.8 Å². The average Bonchev–Trinajstić information content (AvgIpc) is 2.96. The van der Waals surface area contributed by atoms with Gasteiger partial charge in [0.2, 0.25) is 0 Å². The Morgan fingerprint density at radius 3 is 2.37 bits per heavy atom. The molecule has 1 heterocycles. The number of esters is 1. The van der Waals surface area contributed by atoms with Gasteiger partial charge in [0.15, 0.2) is 0 Å². The Labute approximate surface area is 223 Å². The van der Waals surface area contributed by atoms with E-state index in [2.05, 4.69) is 5.32 Å². The highest BCUT2D eigenvalue weighted by atomic mass is 16.6. The number of benzene rings is 2. The molecule has 38 heavy (non-hydrogen) atoms. The van der Waals surface area contributed by atoms with Gasteiger partial charge in [-0.3, -0.25) is 14.9 Å². The van der Waals surface area contributed by atoms with Crippen LogP contribution < -0.4 is 14.8 Å². The summed E-state index contributed by atoms with van der Waals surface area (Å²) in [4.78, 5) is 40.3. The fourth-order valence-electron chi connectivity index (χ4n) is 4.29. The van der Waals surface area contributed by atoms with Crippen molar-refractivity contribution in [2.75, 3.05) is 14.2 Å². The molecule has 1 N–H and O–H groups in total. The van der Waals surface area contributed by atoms with Crippen LogP contribution in [0, 0.1) is 0 Å². The van der Waals surface area contributed by atoms with Crippen molar-refractivity contribution < 1.29 is 33.3 Å². The van der Waals surface area contributed by atoms with Gasteiger partial charge in [-0.2, -0.15) is 0 Å². The number of amides is 2. The maximum absolute atomic E-state index is 14.0. The second kappa shape index (κ2) is 12.5. The molecule has 2 unspecified atom stereocenters. The van der Waals surface area contributed by atoms with Crippen LogP contribution in [0.1, 0.15) is 45.2 Å². The summed E-state index contributed by atoms with van der Waals surface area (Å²) in [6.07, 6.45) is 0.840. The van der Waals surface area contributed by atoms with Gasteiger partial charge in [-0.05, 0) is 44.9 Å². The molecule has 2 aromatic carbocycles. The standard InChI is InChI=1S/C29H36N2O7/c1-19(32)37-25-15-14-23(30-28(34)38-29(2,3)4)27(33)31(24(25)16-20-10-8-7-9-11-20)18-21-12-13-22(35-5)17-26(21)36-6/h7-14,17,24-25H,15-16,18H2,1-6H3,(H,30,34). The molecule has 1 aliphatic rings. The quantitative estimate of drug-likeness (QED) is 0.511. The molecule has 2 aromatic rings. The topological polar surface area (TPSA) is 103 Å². The van der Waals surface area contributed by atoms with Crippen LogP contribution in [-0.4, -0.2) is 54.8 Å². The highest BCUT2D eigenvalue weighted by Gasteiger charge is 2.38. The zero-order valence-corrected chi connectivity index (χ0v) is 22.8. The summed E-state index contributed by atoms with van der Waals surface area (Å²) in [6.45, 7) is 6.70. The van der Waals surface area contributed by atoms with Crippen molar-refractivity contribution in [1.82, 2.24) is 10.2 Å². The van der Waals surface area contributed by atoms with Crippen LogP contribution in [0.15, 0.2) is 60.3 Å². The minimum absolute atomic E-state index is 0.0550. The molecule has 9 nitrogen and oxygen atoms in total. The number of nitrogens with one attached hydrogen (secondary N) is 1. The molecule has 3 rings (SSSR count). The summed E-state index contributed by atoms with van der Waals surface area (Å²) in [7, 11) is 3.10. The molecular weight excluding hydrogens is 488 g/mol. The number of hydrogen-bond donors (Lipinski definition) is 1. The van der Waals surface area contributed by atoms with E-state index < -0.39 is 35.7 Å². The van der Waals surface area contributed by atoms with E-state index in [0.717, 1.165) is 11.1 Å². The Balaban J connectivity index is 2.05. The van der Waals surface area contributed by atoms with E-state index in [1.54, 1.807) is 58.1 Å². The lowest BCUT2D eigenvalue weighted by Gasteiger charge is -2.35. The molecule has 0 saturated carbocycles. The highest BCUT2D eigenvalue weighted by Crippen LogP contribution is 2.30. The van der Waals surface area contributed by atoms with E-state index in [0.29, 0.717) is 17.9 Å². The van der Waals surface area contributed by atoms with Crippen LogP contribution in [0.2, 0.25) is 0 Å². The Morgan fingerprint density at radius 2 is 1.76 bits per heavy atom. The number of ether oxygens (including phenoxy) is 4. The van der Waals surface area contributed by atoms with Crippen LogP contribution >= 0.6 is 0 Å². The SMILES string of the molecule is COc1ccc(CN2C(=O)C(NC(=O)OC(C)(C)C)=CCC(OC(C)=O)C2Cc2ccccc2)c(OC)c1. The highest BCUT2D eigenvalue weighted by molar-refractivity contribution is 5.97. The molecule has 0 aromatic heterocycles. The summed E-state index contributed by atoms with van der Waals surface area (Å²) in [5.74, 6) is 0.261. The van der Waals surface area contributed by atoms with E-state index in [-0.39, 0.29) is 18.7 Å². The summed E-state index contributed by atoms with van der Waals surface area (Å²) < 4.78 is 22.0. The molecule has 204 valence electrons. The predicted octanol–water partition coefficient (Wildman–Crippen LogP) is 4.39. The van der Waals surface area contributed by atoms with Gasteiger partial charge in [-0.15, -0.1) is 0 Å². The van der Waals surface area contributed by atoms with Crippen molar-refractivity contribution in [3.05, 3.63) is 71.4 Å². The van der Waals surface area contributed by atoms with Crippen molar-refractivity contribution in [3.8, 4) is 11.5 Å². The number of methoxy groups -OCH3 is 2. The molecule has 2 atom stereocenters. The molecule has 0 radical (unpaired) electrons. The number of hydrogen-bond acceptors (Lipinski definition) is 7. The normalized spacial score (nSPS) is 17.7. The molecule has 2 amide bonds. The number of nitrogens with zero attached hydrogens (tertiary/aromatic N) is 1. The lowest BCUT2D eigenvalue weighted by molar-refractivity contribution is -0.152. The molecule has 0 spiro atoms. The van der Waals surface area contributed by atoms with Crippen LogP contribution in [0.25, 0.3) is 0 Å². The molecule has 0 bridgehead atoms. The van der Waals surface area contributed by atoms with Crippen molar-refractivity contribution in [2.24, 2.45) is 0 Å². The number of rotatable bonds is 8. The first kappa shape index (κ1) is 28.6. The van der Waals surface area contributed by atoms with Crippen molar-refractivity contribution in [2.45, 2.75) is 64.8 Å². The first-order valence-corrected chi connectivity index (χ1v) is 12.4. The second-order valence-corrected chi connectivity index (χ2v) is 10.00. The minimum Gasteiger partial charge on any atom is -0.497 e. The van der Waals surface area contributed by atoms with Gasteiger partial charge in [-0.1, -0.05) is 36.4 Å². The second-order valence-electron chi connectivity index (χ2n) is 10.00. The first-order chi connectivity index (χ1) is 18.0. The van der Waals surface area contributed by atoms with Gasteiger partial charge in [0.05, 0.1) is 26.8 Å². The van der Waals surface area contributed by atoms with Crippen LogP contribution in [0.5, 0.6) is 11.5 Å². The minimum atomic E-state index is -0.746. The van der Waals surface area contributed by atoms with Gasteiger partial charge in [0, 0.05) is 25.0 Å². The zero-order chi connectivity index (χ0) is 27.9. The lowest BCUT2D eigenvalue weighted by Crippen LogP contribution is -2.49. The van der Waals surface area contributed by atoms with Crippen LogP contribution in [0.3, 0.4) is 0 Å². The summed E-state index contributed by atoms with van der Waals surface area (Å²) in [6, 6.07) is 14.5. The number of alkyl carbamates (subject to hydrolysis) is 1. The number of carbonyl (C=O) groups is 3. The Kier molecular flexibility index (Phi) is 9.39. The largest absolute Gasteiger partial charge is 0.497 e. The molecule has 1 aliphatic heterocycles. The van der Waals surface area contributed by atoms with E-state index in [9.17, 15) is 14.4 Å².